The second kappa shape index (κ2) is 14.6. The molecule has 0 radical (unpaired) electrons. The van der Waals surface area contributed by atoms with Crippen molar-refractivity contribution in [2.45, 2.75) is 46.2 Å². The molecule has 30 heavy (non-hydrogen) atoms. The number of amides is 1. The first kappa shape index (κ1) is 26.6. The highest BCUT2D eigenvalue weighted by molar-refractivity contribution is 14.0. The summed E-state index contributed by atoms with van der Waals surface area (Å²) in [5, 5.41) is 9.75. The summed E-state index contributed by atoms with van der Waals surface area (Å²) in [6.45, 7) is 11.6. The number of guanidine groups is 1. The van der Waals surface area contributed by atoms with Gasteiger partial charge in [-0.25, -0.2) is 0 Å². The molecule has 1 unspecified atom stereocenters. The van der Waals surface area contributed by atoms with E-state index in [0.717, 1.165) is 56.5 Å². The van der Waals surface area contributed by atoms with E-state index >= 15 is 0 Å². The van der Waals surface area contributed by atoms with Crippen molar-refractivity contribution in [3.8, 4) is 0 Å². The molecule has 1 atom stereocenters. The predicted octanol–water partition coefficient (Wildman–Crippen LogP) is 3.07. The normalized spacial score (nSPS) is 16.0. The molecule has 170 valence electrons. The van der Waals surface area contributed by atoms with E-state index < -0.39 is 0 Å². The van der Waals surface area contributed by atoms with E-state index in [0.29, 0.717) is 24.9 Å². The largest absolute Gasteiger partial charge is 0.379 e. The van der Waals surface area contributed by atoms with Crippen LogP contribution in [0.1, 0.15) is 39.2 Å². The molecule has 1 amide bonds. The van der Waals surface area contributed by atoms with E-state index in [1.807, 2.05) is 31.2 Å². The van der Waals surface area contributed by atoms with Crippen LogP contribution in [0, 0.1) is 5.92 Å². The molecule has 1 aromatic rings. The van der Waals surface area contributed by atoms with Gasteiger partial charge in [-0.1, -0.05) is 32.9 Å². The number of hydrogen-bond donors (Lipinski definition) is 3. The Balaban J connectivity index is 0.00000450. The van der Waals surface area contributed by atoms with Gasteiger partial charge in [-0.15, -0.1) is 24.0 Å². The number of halogens is 1. The molecule has 1 fully saturated rings. The summed E-state index contributed by atoms with van der Waals surface area (Å²) in [7, 11) is 1.79. The van der Waals surface area contributed by atoms with Crippen LogP contribution in [0.25, 0.3) is 0 Å². The SMILES string of the molecule is CCCC(=O)Nc1ccc(CNC(=NC)NCC(C(C)C)N2CCOCC2)cc1.I. The number of aliphatic imine (C=N–C) groups is 1. The van der Waals surface area contributed by atoms with Gasteiger partial charge in [0.05, 0.1) is 13.2 Å². The average Bonchev–Trinajstić information content (AvgIpc) is 2.72. The number of morpholine rings is 1. The lowest BCUT2D eigenvalue weighted by Gasteiger charge is -2.37. The van der Waals surface area contributed by atoms with Gasteiger partial charge in [0.15, 0.2) is 5.96 Å². The highest BCUT2D eigenvalue weighted by Gasteiger charge is 2.23. The third-order valence-corrected chi connectivity index (χ3v) is 5.16. The van der Waals surface area contributed by atoms with Crippen LogP contribution in [0.15, 0.2) is 29.3 Å². The van der Waals surface area contributed by atoms with Crippen molar-refractivity contribution in [2.75, 3.05) is 45.2 Å². The zero-order valence-electron chi connectivity index (χ0n) is 18.7. The van der Waals surface area contributed by atoms with E-state index in [9.17, 15) is 4.79 Å². The lowest BCUT2D eigenvalue weighted by Crippen LogP contribution is -2.52. The summed E-state index contributed by atoms with van der Waals surface area (Å²) in [5.41, 5.74) is 1.97. The quantitative estimate of drug-likeness (QED) is 0.260. The fraction of sp³-hybridized carbons (Fsp3) is 0.636. The van der Waals surface area contributed by atoms with Crippen LogP contribution < -0.4 is 16.0 Å². The minimum atomic E-state index is 0. The second-order valence-electron chi connectivity index (χ2n) is 7.76. The third kappa shape index (κ3) is 9.18. The molecule has 0 saturated carbocycles. The first-order valence-corrected chi connectivity index (χ1v) is 10.7. The van der Waals surface area contributed by atoms with Gasteiger partial charge in [-0.05, 0) is 30.0 Å². The van der Waals surface area contributed by atoms with E-state index in [-0.39, 0.29) is 29.9 Å². The maximum absolute atomic E-state index is 11.7. The predicted molar refractivity (Wildman–Crippen MR) is 135 cm³/mol. The number of nitrogens with one attached hydrogen (secondary N) is 3. The van der Waals surface area contributed by atoms with Gasteiger partial charge in [0.2, 0.25) is 5.91 Å². The first-order chi connectivity index (χ1) is 14.0. The van der Waals surface area contributed by atoms with Crippen LogP contribution in [0.3, 0.4) is 0 Å². The average molecular weight is 531 g/mol. The summed E-state index contributed by atoms with van der Waals surface area (Å²) < 4.78 is 5.48. The minimum absolute atomic E-state index is 0. The zero-order valence-corrected chi connectivity index (χ0v) is 21.1. The van der Waals surface area contributed by atoms with E-state index in [1.54, 1.807) is 7.05 Å². The molecule has 0 bridgehead atoms. The topological polar surface area (TPSA) is 78.0 Å². The van der Waals surface area contributed by atoms with Crippen LogP contribution >= 0.6 is 24.0 Å². The molecule has 8 heteroatoms. The number of carbonyl (C=O) groups is 1. The van der Waals surface area contributed by atoms with Gasteiger partial charge in [0, 0.05) is 51.4 Å². The van der Waals surface area contributed by atoms with Gasteiger partial charge in [-0.3, -0.25) is 14.7 Å². The summed E-state index contributed by atoms with van der Waals surface area (Å²) in [5.74, 6) is 1.40. The first-order valence-electron chi connectivity index (χ1n) is 10.7. The Bertz CT molecular complexity index is 645. The highest BCUT2D eigenvalue weighted by Crippen LogP contribution is 2.12. The van der Waals surface area contributed by atoms with E-state index in [1.165, 1.54) is 0 Å². The van der Waals surface area contributed by atoms with Crippen LogP contribution in [0.5, 0.6) is 0 Å². The number of hydrogen-bond acceptors (Lipinski definition) is 4. The van der Waals surface area contributed by atoms with Gasteiger partial charge in [-0.2, -0.15) is 0 Å². The zero-order chi connectivity index (χ0) is 21.1. The Hall–Kier alpha value is -1.39. The molecule has 3 N–H and O–H groups in total. The maximum atomic E-state index is 11.7. The third-order valence-electron chi connectivity index (χ3n) is 5.16. The minimum Gasteiger partial charge on any atom is -0.379 e. The van der Waals surface area contributed by atoms with Crippen molar-refractivity contribution < 1.29 is 9.53 Å². The van der Waals surface area contributed by atoms with Crippen molar-refractivity contribution in [2.24, 2.45) is 10.9 Å². The molecule has 2 rings (SSSR count). The molecule has 1 aliphatic heterocycles. The van der Waals surface area contributed by atoms with Gasteiger partial charge < -0.3 is 20.7 Å². The van der Waals surface area contributed by atoms with Crippen LogP contribution in [-0.2, 0) is 16.1 Å². The summed E-state index contributed by atoms with van der Waals surface area (Å²) in [4.78, 5) is 18.5. The fourth-order valence-corrected chi connectivity index (χ4v) is 3.46. The Labute approximate surface area is 198 Å². The second-order valence-corrected chi connectivity index (χ2v) is 7.76. The number of benzene rings is 1. The Morgan fingerprint density at radius 3 is 2.40 bits per heavy atom. The molecule has 0 spiro atoms. The number of ether oxygens (including phenoxy) is 1. The van der Waals surface area contributed by atoms with Gasteiger partial charge in [0.25, 0.3) is 0 Å². The molecule has 1 aliphatic rings. The monoisotopic (exact) mass is 531 g/mol. The molecule has 1 heterocycles. The molecule has 1 aromatic carbocycles. The molecular formula is C22H38IN5O2. The Kier molecular flexibility index (Phi) is 13.0. The molecule has 0 aliphatic carbocycles. The summed E-state index contributed by atoms with van der Waals surface area (Å²) in [6.07, 6.45) is 1.40. The number of rotatable bonds is 9. The van der Waals surface area contributed by atoms with E-state index in [2.05, 4.69) is 39.7 Å². The Morgan fingerprint density at radius 1 is 1.17 bits per heavy atom. The number of carbonyl (C=O) groups excluding carboxylic acids is 1. The van der Waals surface area contributed by atoms with Crippen molar-refractivity contribution in [1.29, 1.82) is 0 Å². The van der Waals surface area contributed by atoms with Crippen LogP contribution in [0.4, 0.5) is 5.69 Å². The number of nitrogens with zero attached hydrogens (tertiary/aromatic N) is 2. The fourth-order valence-electron chi connectivity index (χ4n) is 3.46. The van der Waals surface area contributed by atoms with Gasteiger partial charge >= 0.3 is 0 Å². The molecular weight excluding hydrogens is 493 g/mol. The molecule has 0 aromatic heterocycles. The van der Waals surface area contributed by atoms with Crippen molar-refractivity contribution >= 4 is 41.5 Å². The summed E-state index contributed by atoms with van der Waals surface area (Å²) >= 11 is 0. The standard InChI is InChI=1S/C22H37N5O2.HI/c1-5-6-21(28)26-19-9-7-18(8-10-19)15-24-22(23-4)25-16-20(17(2)3)27-11-13-29-14-12-27;/h7-10,17,20H,5-6,11-16H2,1-4H3,(H,26,28)(H2,23,24,25);1H. The number of anilines is 1. The van der Waals surface area contributed by atoms with Crippen LogP contribution in [-0.4, -0.2) is 62.7 Å². The molecule has 1 saturated heterocycles. The van der Waals surface area contributed by atoms with E-state index in [4.69, 9.17) is 4.74 Å². The highest BCUT2D eigenvalue weighted by atomic mass is 127. The molecule has 7 nitrogen and oxygen atoms in total. The smallest absolute Gasteiger partial charge is 0.224 e. The lowest BCUT2D eigenvalue weighted by atomic mass is 10.0. The van der Waals surface area contributed by atoms with Crippen molar-refractivity contribution in [3.05, 3.63) is 29.8 Å². The van der Waals surface area contributed by atoms with Gasteiger partial charge in [0.1, 0.15) is 0 Å². The van der Waals surface area contributed by atoms with Crippen molar-refractivity contribution in [3.63, 3.8) is 0 Å². The van der Waals surface area contributed by atoms with Crippen LogP contribution in [0.2, 0.25) is 0 Å². The summed E-state index contributed by atoms with van der Waals surface area (Å²) in [6, 6.07) is 8.37. The Morgan fingerprint density at radius 2 is 1.83 bits per heavy atom. The van der Waals surface area contributed by atoms with Crippen molar-refractivity contribution in [1.82, 2.24) is 15.5 Å². The maximum Gasteiger partial charge on any atom is 0.224 e. The lowest BCUT2D eigenvalue weighted by molar-refractivity contribution is -0.116.